The van der Waals surface area contributed by atoms with Gasteiger partial charge in [-0.2, -0.15) is 0 Å². The van der Waals surface area contributed by atoms with Gasteiger partial charge in [-0.05, 0) is 6.42 Å². The summed E-state index contributed by atoms with van der Waals surface area (Å²) in [6.45, 7) is 2.28. The van der Waals surface area contributed by atoms with Crippen molar-refractivity contribution >= 4 is 15.9 Å². The maximum atomic E-state index is 3.67. The van der Waals surface area contributed by atoms with Crippen LogP contribution in [0.4, 0.5) is 0 Å². The quantitative estimate of drug-likeness (QED) is 0.434. The number of hydrogen-bond donors (Lipinski definition) is 1. The minimum atomic E-state index is 1.18. The Balaban J connectivity index is 0.000000473. The van der Waals surface area contributed by atoms with Crippen molar-refractivity contribution in [2.75, 3.05) is 5.33 Å². The van der Waals surface area contributed by atoms with E-state index in [1.54, 1.807) is 18.7 Å². The van der Waals surface area contributed by atoms with Gasteiger partial charge >= 0.3 is 0 Å². The summed E-state index contributed by atoms with van der Waals surface area (Å²) in [4.78, 5) is 6.42. The van der Waals surface area contributed by atoms with Crippen LogP contribution in [0.2, 0.25) is 0 Å². The fraction of sp³-hybridized carbons (Fsp3) is 0.800. The van der Waals surface area contributed by atoms with E-state index in [-0.39, 0.29) is 0 Å². The third kappa shape index (κ3) is 15.7. The number of rotatable bonds is 10. The minimum Gasteiger partial charge on any atom is -0.351 e. The molecule has 0 aliphatic heterocycles. The molecule has 0 aliphatic carbocycles. The molecule has 0 aliphatic rings. The number of unbranched alkanes of at least 4 members (excludes halogenated alkanes) is 9. The highest BCUT2D eigenvalue weighted by molar-refractivity contribution is 9.09. The maximum Gasteiger partial charge on any atom is 0.0919 e. The minimum absolute atomic E-state index is 1.18. The Kier molecular flexibility index (Phi) is 16.4. The van der Waals surface area contributed by atoms with Crippen molar-refractivity contribution in [1.82, 2.24) is 9.97 Å². The third-order valence-electron chi connectivity index (χ3n) is 2.89. The molecule has 18 heavy (non-hydrogen) atoms. The fourth-order valence-corrected chi connectivity index (χ4v) is 2.19. The van der Waals surface area contributed by atoms with Gasteiger partial charge in [-0.25, -0.2) is 4.98 Å². The predicted octanol–water partition coefficient (Wildman–Crippen LogP) is 5.71. The molecule has 0 unspecified atom stereocenters. The number of nitrogens with zero attached hydrogens (tertiary/aromatic N) is 1. The summed E-state index contributed by atoms with van der Waals surface area (Å²) < 4.78 is 0. The van der Waals surface area contributed by atoms with Crippen LogP contribution in [-0.4, -0.2) is 15.3 Å². The van der Waals surface area contributed by atoms with Crippen molar-refractivity contribution < 1.29 is 0 Å². The molecule has 0 bridgehead atoms. The second-order valence-corrected chi connectivity index (χ2v) is 5.42. The van der Waals surface area contributed by atoms with E-state index in [1.807, 2.05) is 0 Å². The van der Waals surface area contributed by atoms with Crippen LogP contribution in [0.15, 0.2) is 18.7 Å². The predicted molar refractivity (Wildman–Crippen MR) is 84.2 cm³/mol. The number of hydrogen-bond acceptors (Lipinski definition) is 1. The second kappa shape index (κ2) is 16.7. The summed E-state index contributed by atoms with van der Waals surface area (Å²) >= 11 is 3.46. The van der Waals surface area contributed by atoms with E-state index in [4.69, 9.17) is 0 Å². The maximum absolute atomic E-state index is 3.67. The molecule has 1 aromatic heterocycles. The smallest absolute Gasteiger partial charge is 0.0919 e. The molecular weight excluding hydrogens is 288 g/mol. The summed E-state index contributed by atoms with van der Waals surface area (Å²) in [5, 5.41) is 1.18. The van der Waals surface area contributed by atoms with Crippen LogP contribution in [0, 0.1) is 0 Å². The molecule has 0 amide bonds. The summed E-state index contributed by atoms with van der Waals surface area (Å²) in [6.07, 6.45) is 19.4. The van der Waals surface area contributed by atoms with E-state index in [2.05, 4.69) is 32.8 Å². The molecule has 0 radical (unpaired) electrons. The summed E-state index contributed by atoms with van der Waals surface area (Å²) in [7, 11) is 0. The first kappa shape index (κ1) is 17.7. The molecular formula is C15H29BrN2. The molecule has 1 heterocycles. The lowest BCUT2D eigenvalue weighted by molar-refractivity contribution is 0.563. The van der Waals surface area contributed by atoms with Crippen molar-refractivity contribution in [3.63, 3.8) is 0 Å². The molecule has 2 nitrogen and oxygen atoms in total. The Labute approximate surface area is 121 Å². The van der Waals surface area contributed by atoms with Crippen molar-refractivity contribution in [2.45, 2.75) is 71.1 Å². The van der Waals surface area contributed by atoms with Gasteiger partial charge in [0.25, 0.3) is 0 Å². The number of halogens is 1. The fourth-order valence-electron chi connectivity index (χ4n) is 1.80. The molecule has 1 N–H and O–H groups in total. The number of aromatic nitrogens is 2. The molecule has 0 aromatic carbocycles. The Morgan fingerprint density at radius 3 is 1.78 bits per heavy atom. The first-order valence-electron chi connectivity index (χ1n) is 7.40. The lowest BCUT2D eigenvalue weighted by Gasteiger charge is -2.00. The van der Waals surface area contributed by atoms with E-state index in [0.29, 0.717) is 0 Å². The van der Waals surface area contributed by atoms with Gasteiger partial charge in [0, 0.05) is 17.7 Å². The molecule has 0 saturated heterocycles. The first-order chi connectivity index (χ1) is 8.91. The highest BCUT2D eigenvalue weighted by Crippen LogP contribution is 2.10. The van der Waals surface area contributed by atoms with E-state index >= 15 is 0 Å². The van der Waals surface area contributed by atoms with Gasteiger partial charge in [0.05, 0.1) is 6.33 Å². The molecule has 0 saturated carbocycles. The lowest BCUT2D eigenvalue weighted by atomic mass is 10.1. The van der Waals surface area contributed by atoms with E-state index in [9.17, 15) is 0 Å². The Hall–Kier alpha value is -0.310. The van der Waals surface area contributed by atoms with Crippen LogP contribution >= 0.6 is 15.9 Å². The normalized spacial score (nSPS) is 9.89. The summed E-state index contributed by atoms with van der Waals surface area (Å²) in [5.41, 5.74) is 0. The standard InChI is InChI=1S/C12H25Br.C3H4N2/c1-2-3-4-5-6-7-8-9-10-11-12-13;1-2-5-3-4-1/h2-12H2,1H3;1-3H,(H,4,5). The Morgan fingerprint density at radius 1 is 0.889 bits per heavy atom. The lowest BCUT2D eigenvalue weighted by Crippen LogP contribution is -1.81. The van der Waals surface area contributed by atoms with Gasteiger partial charge in [0.2, 0.25) is 0 Å². The molecule has 0 spiro atoms. The van der Waals surface area contributed by atoms with Crippen molar-refractivity contribution in [2.24, 2.45) is 0 Å². The monoisotopic (exact) mass is 316 g/mol. The molecule has 1 aromatic rings. The van der Waals surface area contributed by atoms with Crippen LogP contribution in [-0.2, 0) is 0 Å². The average molecular weight is 317 g/mol. The van der Waals surface area contributed by atoms with Gasteiger partial charge < -0.3 is 4.98 Å². The van der Waals surface area contributed by atoms with Crippen LogP contribution in [0.1, 0.15) is 71.1 Å². The molecule has 1 rings (SSSR count). The second-order valence-electron chi connectivity index (χ2n) is 4.63. The summed E-state index contributed by atoms with van der Waals surface area (Å²) in [5.74, 6) is 0. The number of alkyl halides is 1. The van der Waals surface area contributed by atoms with Crippen molar-refractivity contribution in [1.29, 1.82) is 0 Å². The van der Waals surface area contributed by atoms with E-state index < -0.39 is 0 Å². The molecule has 3 heteroatoms. The molecule has 106 valence electrons. The first-order valence-corrected chi connectivity index (χ1v) is 8.52. The van der Waals surface area contributed by atoms with Gasteiger partial charge in [-0.15, -0.1) is 0 Å². The van der Waals surface area contributed by atoms with Crippen LogP contribution in [0.5, 0.6) is 0 Å². The zero-order valence-electron chi connectivity index (χ0n) is 11.8. The number of H-pyrrole nitrogens is 1. The third-order valence-corrected chi connectivity index (χ3v) is 3.45. The van der Waals surface area contributed by atoms with Crippen LogP contribution in [0.3, 0.4) is 0 Å². The van der Waals surface area contributed by atoms with Crippen molar-refractivity contribution in [3.05, 3.63) is 18.7 Å². The molecule has 0 fully saturated rings. The van der Waals surface area contributed by atoms with Gasteiger partial charge in [-0.1, -0.05) is 80.6 Å². The zero-order valence-corrected chi connectivity index (χ0v) is 13.4. The number of aromatic amines is 1. The topological polar surface area (TPSA) is 28.7 Å². The van der Waals surface area contributed by atoms with Gasteiger partial charge in [-0.3, -0.25) is 0 Å². The van der Waals surface area contributed by atoms with Gasteiger partial charge in [0.1, 0.15) is 0 Å². The number of imidazole rings is 1. The number of nitrogens with one attached hydrogen (secondary N) is 1. The Morgan fingerprint density at radius 2 is 1.44 bits per heavy atom. The SMILES string of the molecule is CCCCCCCCCCCCBr.c1c[nH]cn1. The van der Waals surface area contributed by atoms with Crippen LogP contribution in [0.25, 0.3) is 0 Å². The van der Waals surface area contributed by atoms with Crippen LogP contribution < -0.4 is 0 Å². The van der Waals surface area contributed by atoms with Crippen molar-refractivity contribution in [3.8, 4) is 0 Å². The highest BCUT2D eigenvalue weighted by atomic mass is 79.9. The van der Waals surface area contributed by atoms with E-state index in [1.165, 1.54) is 69.5 Å². The Bertz CT molecular complexity index is 185. The van der Waals surface area contributed by atoms with Gasteiger partial charge in [0.15, 0.2) is 0 Å². The average Bonchev–Trinajstić information content (AvgIpc) is 2.96. The zero-order chi connectivity index (χ0) is 13.3. The highest BCUT2D eigenvalue weighted by Gasteiger charge is 1.91. The van der Waals surface area contributed by atoms with E-state index in [0.717, 1.165) is 0 Å². The largest absolute Gasteiger partial charge is 0.351 e. The summed E-state index contributed by atoms with van der Waals surface area (Å²) in [6, 6.07) is 0. The molecule has 0 atom stereocenters.